The number of nitrogens with zero attached hydrogens (tertiary/aromatic N) is 3. The van der Waals surface area contributed by atoms with Gasteiger partial charge in [-0.05, 0) is 30.2 Å². The summed E-state index contributed by atoms with van der Waals surface area (Å²) in [5.74, 6) is 2.18. The van der Waals surface area contributed by atoms with Crippen LogP contribution < -0.4 is 14.2 Å². The fraction of sp³-hybridized carbons (Fsp3) is 0.500. The lowest BCUT2D eigenvalue weighted by Crippen LogP contribution is -2.34. The van der Waals surface area contributed by atoms with Crippen LogP contribution in [0.5, 0.6) is 17.2 Å². The van der Waals surface area contributed by atoms with Crippen LogP contribution in [0, 0.1) is 0 Å². The van der Waals surface area contributed by atoms with Crippen molar-refractivity contribution in [3.63, 3.8) is 0 Å². The van der Waals surface area contributed by atoms with Crippen LogP contribution in [0.25, 0.3) is 0 Å². The Labute approximate surface area is 147 Å². The fourth-order valence-corrected chi connectivity index (χ4v) is 3.37. The van der Waals surface area contributed by atoms with E-state index in [0.717, 1.165) is 56.3 Å². The van der Waals surface area contributed by atoms with Crippen molar-refractivity contribution < 1.29 is 18.9 Å². The van der Waals surface area contributed by atoms with Gasteiger partial charge in [-0.15, -0.1) is 0 Å². The molecular formula is C18H23N3O4. The molecule has 134 valence electrons. The lowest BCUT2D eigenvalue weighted by molar-refractivity contribution is 0.0391. The maximum absolute atomic E-state index is 5.99. The molecule has 0 radical (unpaired) electrons. The van der Waals surface area contributed by atoms with Crippen LogP contribution in [0.3, 0.4) is 0 Å². The topological polar surface area (TPSA) is 58.0 Å². The van der Waals surface area contributed by atoms with Crippen LogP contribution in [0.1, 0.15) is 12.0 Å². The van der Waals surface area contributed by atoms with E-state index in [2.05, 4.69) is 10.00 Å². The fourth-order valence-electron chi connectivity index (χ4n) is 3.37. The molecule has 1 fully saturated rings. The molecule has 0 aliphatic carbocycles. The van der Waals surface area contributed by atoms with E-state index >= 15 is 0 Å². The highest BCUT2D eigenvalue weighted by Crippen LogP contribution is 2.42. The number of ether oxygens (including phenoxy) is 4. The van der Waals surface area contributed by atoms with E-state index < -0.39 is 0 Å². The largest absolute Gasteiger partial charge is 0.493 e. The Bertz CT molecular complexity index is 705. The van der Waals surface area contributed by atoms with Crippen LogP contribution in [0.4, 0.5) is 0 Å². The van der Waals surface area contributed by atoms with E-state index in [1.165, 1.54) is 0 Å². The molecule has 0 bridgehead atoms. The van der Waals surface area contributed by atoms with E-state index in [4.69, 9.17) is 18.9 Å². The quantitative estimate of drug-likeness (QED) is 0.825. The van der Waals surface area contributed by atoms with Gasteiger partial charge < -0.3 is 18.9 Å². The van der Waals surface area contributed by atoms with Crippen molar-refractivity contribution in [3.05, 3.63) is 36.2 Å². The van der Waals surface area contributed by atoms with Gasteiger partial charge in [0.05, 0.1) is 19.8 Å². The first-order chi connectivity index (χ1) is 12.3. The summed E-state index contributed by atoms with van der Waals surface area (Å²) < 4.78 is 24.4. The smallest absolute Gasteiger partial charge is 0.231 e. The number of aromatic nitrogens is 2. The first-order valence-corrected chi connectivity index (χ1v) is 8.60. The summed E-state index contributed by atoms with van der Waals surface area (Å²) in [6, 6.07) is 6.01. The molecule has 0 N–H and O–H groups in total. The molecule has 2 aliphatic rings. The third-order valence-electron chi connectivity index (χ3n) is 4.51. The second-order valence-electron chi connectivity index (χ2n) is 6.34. The first kappa shape index (κ1) is 16.2. The Kier molecular flexibility index (Phi) is 4.76. The van der Waals surface area contributed by atoms with Crippen molar-refractivity contribution in [2.24, 2.45) is 0 Å². The summed E-state index contributed by atoms with van der Waals surface area (Å²) in [7, 11) is 1.65. The zero-order valence-corrected chi connectivity index (χ0v) is 14.4. The van der Waals surface area contributed by atoms with Crippen LogP contribution in [0.2, 0.25) is 0 Å². The van der Waals surface area contributed by atoms with Gasteiger partial charge in [0.1, 0.15) is 0 Å². The monoisotopic (exact) mass is 345 g/mol. The summed E-state index contributed by atoms with van der Waals surface area (Å²) in [6.45, 7) is 4.51. The third kappa shape index (κ3) is 3.72. The number of benzene rings is 1. The van der Waals surface area contributed by atoms with Gasteiger partial charge in [-0.1, -0.05) is 0 Å². The van der Waals surface area contributed by atoms with Gasteiger partial charge in [0, 0.05) is 38.6 Å². The van der Waals surface area contributed by atoms with Crippen LogP contribution in [-0.2, 0) is 17.8 Å². The highest BCUT2D eigenvalue weighted by atomic mass is 16.7. The van der Waals surface area contributed by atoms with Crippen molar-refractivity contribution in [1.82, 2.24) is 14.7 Å². The number of hydrogen-bond acceptors (Lipinski definition) is 6. The highest BCUT2D eigenvalue weighted by Gasteiger charge is 2.23. The normalized spacial score (nSPS) is 20.4. The summed E-state index contributed by atoms with van der Waals surface area (Å²) in [5, 5.41) is 4.28. The summed E-state index contributed by atoms with van der Waals surface area (Å²) >= 11 is 0. The van der Waals surface area contributed by atoms with Crippen molar-refractivity contribution >= 4 is 0 Å². The molecule has 1 aromatic heterocycles. The minimum atomic E-state index is 0.137. The lowest BCUT2D eigenvalue weighted by Gasteiger charge is -2.24. The number of methoxy groups -OCH3 is 1. The molecule has 1 atom stereocenters. The zero-order chi connectivity index (χ0) is 17.1. The molecule has 2 aliphatic heterocycles. The standard InChI is InChI=1S/C18H23N3O4/c1-22-16-8-14(9-17-18(16)25-13-24-17)10-20-5-3-7-23-15(11-20)12-21-6-2-4-19-21/h2,4,6,8-9,15H,3,5,7,10-13H2,1H3/t15-/m0/s1. The molecule has 7 nitrogen and oxygen atoms in total. The van der Waals surface area contributed by atoms with Crippen LogP contribution >= 0.6 is 0 Å². The van der Waals surface area contributed by atoms with Crippen molar-refractivity contribution in [3.8, 4) is 17.2 Å². The average molecular weight is 345 g/mol. The molecule has 0 unspecified atom stereocenters. The SMILES string of the molecule is COc1cc(CN2CCCO[C@H](Cn3cccn3)C2)cc2c1OCO2. The Morgan fingerprint density at radius 1 is 1.32 bits per heavy atom. The molecule has 25 heavy (non-hydrogen) atoms. The van der Waals surface area contributed by atoms with Crippen molar-refractivity contribution in [2.75, 3.05) is 33.6 Å². The summed E-state index contributed by atoms with van der Waals surface area (Å²) in [5.41, 5.74) is 1.15. The molecular weight excluding hydrogens is 322 g/mol. The lowest BCUT2D eigenvalue weighted by atomic mass is 10.1. The Balaban J connectivity index is 1.46. The second-order valence-corrected chi connectivity index (χ2v) is 6.34. The number of rotatable bonds is 5. The molecule has 0 spiro atoms. The van der Waals surface area contributed by atoms with Gasteiger partial charge in [-0.25, -0.2) is 0 Å². The molecule has 0 amide bonds. The molecule has 3 heterocycles. The number of fused-ring (bicyclic) bond motifs is 1. The Morgan fingerprint density at radius 3 is 3.12 bits per heavy atom. The van der Waals surface area contributed by atoms with Gasteiger partial charge in [0.2, 0.25) is 12.5 Å². The zero-order valence-electron chi connectivity index (χ0n) is 14.4. The maximum Gasteiger partial charge on any atom is 0.231 e. The van der Waals surface area contributed by atoms with E-state index in [0.29, 0.717) is 5.75 Å². The molecule has 2 aromatic rings. The number of hydrogen-bond donors (Lipinski definition) is 0. The molecule has 0 saturated carbocycles. The van der Waals surface area contributed by atoms with Crippen LogP contribution in [-0.4, -0.2) is 54.4 Å². The van der Waals surface area contributed by atoms with E-state index in [1.54, 1.807) is 13.3 Å². The molecule has 7 heteroatoms. The molecule has 4 rings (SSSR count). The highest BCUT2D eigenvalue weighted by molar-refractivity contribution is 5.55. The van der Waals surface area contributed by atoms with Gasteiger partial charge in [-0.3, -0.25) is 9.58 Å². The Hall–Kier alpha value is -2.25. The predicted octanol–water partition coefficient (Wildman–Crippen LogP) is 1.91. The molecule has 1 aromatic carbocycles. The minimum Gasteiger partial charge on any atom is -0.493 e. The second kappa shape index (κ2) is 7.33. The minimum absolute atomic E-state index is 0.137. The average Bonchev–Trinajstić information content (AvgIpc) is 3.24. The predicted molar refractivity (Wildman–Crippen MR) is 91.0 cm³/mol. The van der Waals surface area contributed by atoms with Crippen LogP contribution in [0.15, 0.2) is 30.6 Å². The summed E-state index contributed by atoms with van der Waals surface area (Å²) in [6.07, 6.45) is 4.93. The van der Waals surface area contributed by atoms with Crippen molar-refractivity contribution in [2.45, 2.75) is 25.6 Å². The summed E-state index contributed by atoms with van der Waals surface area (Å²) in [4.78, 5) is 2.41. The Morgan fingerprint density at radius 2 is 2.28 bits per heavy atom. The van der Waals surface area contributed by atoms with Gasteiger partial charge in [0.15, 0.2) is 11.5 Å². The first-order valence-electron chi connectivity index (χ1n) is 8.60. The van der Waals surface area contributed by atoms with Gasteiger partial charge in [-0.2, -0.15) is 5.10 Å². The third-order valence-corrected chi connectivity index (χ3v) is 4.51. The maximum atomic E-state index is 5.99. The van der Waals surface area contributed by atoms with Gasteiger partial charge >= 0.3 is 0 Å². The van der Waals surface area contributed by atoms with E-state index in [-0.39, 0.29) is 12.9 Å². The van der Waals surface area contributed by atoms with E-state index in [1.807, 2.05) is 29.1 Å². The van der Waals surface area contributed by atoms with E-state index in [9.17, 15) is 0 Å². The van der Waals surface area contributed by atoms with Crippen molar-refractivity contribution in [1.29, 1.82) is 0 Å². The van der Waals surface area contributed by atoms with Gasteiger partial charge in [0.25, 0.3) is 0 Å². The molecule has 1 saturated heterocycles.